The van der Waals surface area contributed by atoms with Gasteiger partial charge in [-0.05, 0) is 58.4 Å². The highest BCUT2D eigenvalue weighted by Crippen LogP contribution is 2.39. The largest absolute Gasteiger partial charge is 0.491 e. The van der Waals surface area contributed by atoms with Crippen LogP contribution in [-0.2, 0) is 11.3 Å². The summed E-state index contributed by atoms with van der Waals surface area (Å²) in [6.07, 6.45) is 4.31. The number of Topliss-reactive ketones (excluding diaryl/α,β-unsaturated/α-hetero) is 1. The Labute approximate surface area is 212 Å². The number of carbonyl (C=O) groups is 1. The van der Waals surface area contributed by atoms with E-state index in [9.17, 15) is 9.90 Å². The predicted octanol–water partition coefficient (Wildman–Crippen LogP) is 3.69. The SMILES string of the molecule is CCC(=O)C(C)(C)N1CCC(c2ccc3c(c2)OCCn2cc(-c4ncnn4C(C)C)nc2-3)C(O)C1. The summed E-state index contributed by atoms with van der Waals surface area (Å²) >= 11 is 0. The molecular formula is C27H36N6O3. The van der Waals surface area contributed by atoms with E-state index < -0.39 is 11.6 Å². The average molecular weight is 493 g/mol. The third-order valence-electron chi connectivity index (χ3n) is 7.71. The van der Waals surface area contributed by atoms with Crippen molar-refractivity contribution in [3.8, 4) is 28.7 Å². The van der Waals surface area contributed by atoms with Gasteiger partial charge < -0.3 is 14.4 Å². The second-order valence-electron chi connectivity index (χ2n) is 10.6. The van der Waals surface area contributed by atoms with Crippen LogP contribution in [0.25, 0.3) is 22.9 Å². The molecule has 9 heteroatoms. The summed E-state index contributed by atoms with van der Waals surface area (Å²) in [7, 11) is 0. The molecule has 2 unspecified atom stereocenters. The van der Waals surface area contributed by atoms with Gasteiger partial charge in [-0.1, -0.05) is 13.0 Å². The zero-order valence-electron chi connectivity index (χ0n) is 21.8. The number of aliphatic hydroxyl groups is 1. The molecule has 2 aliphatic rings. The fourth-order valence-electron chi connectivity index (χ4n) is 5.49. The molecule has 0 saturated carbocycles. The number of piperidine rings is 1. The van der Waals surface area contributed by atoms with Gasteiger partial charge in [-0.15, -0.1) is 0 Å². The number of ketones is 1. The van der Waals surface area contributed by atoms with Crippen molar-refractivity contribution in [3.63, 3.8) is 0 Å². The number of fused-ring (bicyclic) bond motifs is 3. The van der Waals surface area contributed by atoms with E-state index in [-0.39, 0.29) is 17.7 Å². The van der Waals surface area contributed by atoms with Gasteiger partial charge in [-0.2, -0.15) is 5.10 Å². The number of rotatable bonds is 6. The van der Waals surface area contributed by atoms with E-state index in [0.717, 1.165) is 47.2 Å². The summed E-state index contributed by atoms with van der Waals surface area (Å²) in [4.78, 5) is 23.9. The van der Waals surface area contributed by atoms with Crippen LogP contribution in [0.5, 0.6) is 5.75 Å². The molecule has 0 radical (unpaired) electrons. The Kier molecular flexibility index (Phi) is 6.46. The molecule has 0 bridgehead atoms. The molecule has 2 aliphatic heterocycles. The lowest BCUT2D eigenvalue weighted by Gasteiger charge is -2.44. The summed E-state index contributed by atoms with van der Waals surface area (Å²) in [5, 5.41) is 15.4. The number of benzene rings is 1. The number of imidazole rings is 1. The van der Waals surface area contributed by atoms with Crippen molar-refractivity contribution < 1.29 is 14.6 Å². The highest BCUT2D eigenvalue weighted by Gasteiger charge is 2.39. The van der Waals surface area contributed by atoms with Gasteiger partial charge in [0.05, 0.1) is 23.8 Å². The zero-order valence-corrected chi connectivity index (χ0v) is 21.8. The van der Waals surface area contributed by atoms with Crippen molar-refractivity contribution >= 4 is 5.78 Å². The third-order valence-corrected chi connectivity index (χ3v) is 7.71. The molecule has 2 aromatic heterocycles. The summed E-state index contributed by atoms with van der Waals surface area (Å²) in [6.45, 7) is 12.4. The van der Waals surface area contributed by atoms with Gasteiger partial charge in [-0.25, -0.2) is 14.6 Å². The first-order chi connectivity index (χ1) is 17.2. The maximum absolute atomic E-state index is 12.5. The van der Waals surface area contributed by atoms with E-state index in [1.165, 1.54) is 0 Å². The van der Waals surface area contributed by atoms with Crippen molar-refractivity contribution in [1.29, 1.82) is 0 Å². The fraction of sp³-hybridized carbons (Fsp3) is 0.556. The molecule has 0 aliphatic carbocycles. The molecule has 0 amide bonds. The molecule has 1 aromatic carbocycles. The Morgan fingerprint density at radius 2 is 2.06 bits per heavy atom. The van der Waals surface area contributed by atoms with Crippen LogP contribution in [0.1, 0.15) is 65.0 Å². The van der Waals surface area contributed by atoms with Crippen LogP contribution in [0.2, 0.25) is 0 Å². The minimum atomic E-state index is -0.563. The zero-order chi connectivity index (χ0) is 25.6. The number of aromatic nitrogens is 5. The first-order valence-electron chi connectivity index (χ1n) is 12.9. The van der Waals surface area contributed by atoms with E-state index >= 15 is 0 Å². The number of likely N-dealkylation sites (tertiary alicyclic amines) is 1. The van der Waals surface area contributed by atoms with Gasteiger partial charge in [0.25, 0.3) is 0 Å². The lowest BCUT2D eigenvalue weighted by Crippen LogP contribution is -2.56. The number of β-amino-alcohol motifs (C(OH)–C–C–N with tert-alkyl or cyclic N) is 1. The van der Waals surface area contributed by atoms with Crippen LogP contribution < -0.4 is 4.74 Å². The maximum Gasteiger partial charge on any atom is 0.178 e. The minimum Gasteiger partial charge on any atom is -0.491 e. The number of aliphatic hydroxyl groups excluding tert-OH is 1. The summed E-state index contributed by atoms with van der Waals surface area (Å²) < 4.78 is 10.1. The van der Waals surface area contributed by atoms with Crippen LogP contribution in [0.3, 0.4) is 0 Å². The predicted molar refractivity (Wildman–Crippen MR) is 137 cm³/mol. The van der Waals surface area contributed by atoms with Crippen molar-refractivity contribution in [2.45, 2.75) is 77.6 Å². The lowest BCUT2D eigenvalue weighted by molar-refractivity contribution is -0.131. The van der Waals surface area contributed by atoms with Gasteiger partial charge in [0.1, 0.15) is 30.2 Å². The minimum absolute atomic E-state index is 0.00849. The standard InChI is InChI=1S/C27H36N6O3/c1-6-24(35)27(4,5)32-10-9-19(22(34)15-32)18-7-8-20-23(13-18)36-12-11-31-14-21(30-25(20)31)26-28-16-29-33(26)17(2)3/h7-8,13-14,16-17,19,22,34H,6,9-12,15H2,1-5H3. The summed E-state index contributed by atoms with van der Waals surface area (Å²) in [5.41, 5.74) is 2.21. The second-order valence-corrected chi connectivity index (χ2v) is 10.6. The van der Waals surface area contributed by atoms with E-state index in [1.54, 1.807) is 6.33 Å². The van der Waals surface area contributed by atoms with Crippen LogP contribution in [-0.4, -0.2) is 71.4 Å². The summed E-state index contributed by atoms with van der Waals surface area (Å²) in [6, 6.07) is 6.37. The Hall–Kier alpha value is -3.04. The normalized spacial score (nSPS) is 20.5. The Morgan fingerprint density at radius 1 is 1.25 bits per heavy atom. The quantitative estimate of drug-likeness (QED) is 0.560. The number of nitrogens with zero attached hydrogens (tertiary/aromatic N) is 6. The highest BCUT2D eigenvalue weighted by molar-refractivity contribution is 5.87. The van der Waals surface area contributed by atoms with E-state index in [4.69, 9.17) is 9.72 Å². The van der Waals surface area contributed by atoms with Gasteiger partial charge >= 0.3 is 0 Å². The first-order valence-corrected chi connectivity index (χ1v) is 12.9. The molecule has 2 atom stereocenters. The Morgan fingerprint density at radius 3 is 2.78 bits per heavy atom. The van der Waals surface area contributed by atoms with Crippen LogP contribution in [0, 0.1) is 0 Å². The number of hydrogen-bond donors (Lipinski definition) is 1. The van der Waals surface area contributed by atoms with Crippen LogP contribution >= 0.6 is 0 Å². The maximum atomic E-state index is 12.5. The number of hydrogen-bond acceptors (Lipinski definition) is 7. The number of ether oxygens (including phenoxy) is 1. The van der Waals surface area contributed by atoms with Crippen molar-refractivity contribution in [1.82, 2.24) is 29.2 Å². The smallest absolute Gasteiger partial charge is 0.178 e. The molecular weight excluding hydrogens is 456 g/mol. The molecule has 4 heterocycles. The molecule has 3 aromatic rings. The molecule has 1 saturated heterocycles. The average Bonchev–Trinajstić information content (AvgIpc) is 3.47. The molecule has 1 N–H and O–H groups in total. The topological polar surface area (TPSA) is 98.3 Å². The highest BCUT2D eigenvalue weighted by atomic mass is 16.5. The fourth-order valence-corrected chi connectivity index (χ4v) is 5.49. The Bertz CT molecular complexity index is 1260. The van der Waals surface area contributed by atoms with Crippen molar-refractivity contribution in [3.05, 3.63) is 36.3 Å². The molecule has 192 valence electrons. The van der Waals surface area contributed by atoms with Gasteiger partial charge in [0, 0.05) is 31.1 Å². The lowest BCUT2D eigenvalue weighted by atomic mass is 9.83. The Balaban J connectivity index is 1.41. The van der Waals surface area contributed by atoms with Crippen LogP contribution in [0.15, 0.2) is 30.7 Å². The number of carbonyl (C=O) groups excluding carboxylic acids is 1. The first kappa shape index (κ1) is 24.6. The molecule has 36 heavy (non-hydrogen) atoms. The van der Waals surface area contributed by atoms with E-state index in [2.05, 4.69) is 51.6 Å². The van der Waals surface area contributed by atoms with Gasteiger partial charge in [0.15, 0.2) is 11.6 Å². The van der Waals surface area contributed by atoms with E-state index in [0.29, 0.717) is 26.1 Å². The van der Waals surface area contributed by atoms with Crippen molar-refractivity contribution in [2.75, 3.05) is 19.7 Å². The molecule has 5 rings (SSSR count). The monoisotopic (exact) mass is 492 g/mol. The molecule has 0 spiro atoms. The second kappa shape index (κ2) is 9.44. The van der Waals surface area contributed by atoms with Gasteiger partial charge in [0.2, 0.25) is 0 Å². The van der Waals surface area contributed by atoms with Gasteiger partial charge in [-0.3, -0.25) is 9.69 Å². The third kappa shape index (κ3) is 4.24. The molecule has 9 nitrogen and oxygen atoms in total. The van der Waals surface area contributed by atoms with E-state index in [1.807, 2.05) is 31.6 Å². The summed E-state index contributed by atoms with van der Waals surface area (Å²) in [5.74, 6) is 2.57. The molecule has 1 fully saturated rings. The van der Waals surface area contributed by atoms with Crippen LogP contribution in [0.4, 0.5) is 0 Å². The van der Waals surface area contributed by atoms with Crippen molar-refractivity contribution in [2.24, 2.45) is 0 Å².